The minimum atomic E-state index is -0.744. The molecule has 0 aromatic rings. The topological polar surface area (TPSA) is 82.1 Å². The van der Waals surface area contributed by atoms with Crippen LogP contribution in [0.4, 0.5) is 4.79 Å². The summed E-state index contributed by atoms with van der Waals surface area (Å²) in [5.41, 5.74) is -0.733. The number of hydrogen-bond acceptors (Lipinski definition) is 6. The monoisotopic (exact) mass is 343 g/mol. The Balaban J connectivity index is 1.56. The predicted octanol–water partition coefficient (Wildman–Crippen LogP) is -0.116. The lowest BCUT2D eigenvalue weighted by atomic mass is 9.99. The Morgan fingerprint density at radius 1 is 1.35 bits per heavy atom. The lowest BCUT2D eigenvalue weighted by Crippen LogP contribution is -2.51. The molecule has 0 bridgehead atoms. The molecule has 1 spiro atoms. The molecule has 0 saturated carbocycles. The minimum absolute atomic E-state index is 0.0528. The number of aliphatic hydroxyl groups is 1. The molecule has 0 aromatic carbocycles. The zero-order valence-electron chi connectivity index (χ0n) is 13.7. The molecule has 130 valence electrons. The summed E-state index contributed by atoms with van der Waals surface area (Å²) in [6.45, 7) is 6.01. The summed E-state index contributed by atoms with van der Waals surface area (Å²) in [7, 11) is 0. The lowest BCUT2D eigenvalue weighted by Gasteiger charge is -2.36. The molecule has 0 aliphatic carbocycles. The van der Waals surface area contributed by atoms with Crippen LogP contribution in [0.3, 0.4) is 0 Å². The third-order valence-corrected chi connectivity index (χ3v) is 5.81. The number of nitrogens with one attached hydrogen (secondary N) is 1. The van der Waals surface area contributed by atoms with E-state index in [9.17, 15) is 14.7 Å². The second-order valence-corrected chi connectivity index (χ2v) is 7.97. The second-order valence-electron chi connectivity index (χ2n) is 6.86. The Bertz CT molecular complexity index is 473. The highest BCUT2D eigenvalue weighted by molar-refractivity contribution is 7.99. The average Bonchev–Trinajstić information content (AvgIpc) is 2.99. The molecule has 0 unspecified atom stereocenters. The quantitative estimate of drug-likeness (QED) is 0.693. The Morgan fingerprint density at radius 3 is 2.65 bits per heavy atom. The maximum Gasteiger partial charge on any atom is 0.325 e. The van der Waals surface area contributed by atoms with Gasteiger partial charge < -0.3 is 15.2 Å². The van der Waals surface area contributed by atoms with Crippen molar-refractivity contribution in [3.63, 3.8) is 0 Å². The molecule has 3 rings (SSSR count). The van der Waals surface area contributed by atoms with Crippen LogP contribution in [0, 0.1) is 0 Å². The van der Waals surface area contributed by atoms with E-state index in [1.807, 2.05) is 13.8 Å². The molecule has 0 aromatic heterocycles. The number of carbonyl (C=O) groups is 2. The van der Waals surface area contributed by atoms with Crippen molar-refractivity contribution in [1.29, 1.82) is 0 Å². The molecule has 3 fully saturated rings. The van der Waals surface area contributed by atoms with Gasteiger partial charge in [-0.2, -0.15) is 11.8 Å². The fourth-order valence-electron chi connectivity index (χ4n) is 3.67. The first-order valence-corrected chi connectivity index (χ1v) is 9.33. The van der Waals surface area contributed by atoms with Crippen LogP contribution in [-0.2, 0) is 9.53 Å². The number of hydrogen-bond donors (Lipinski definition) is 2. The number of aliphatic hydroxyl groups excluding tert-OH is 1. The van der Waals surface area contributed by atoms with Crippen molar-refractivity contribution in [2.75, 3.05) is 37.7 Å². The minimum Gasteiger partial charge on any atom is -0.390 e. The Kier molecular flexibility index (Phi) is 4.87. The molecule has 3 saturated heterocycles. The third kappa shape index (κ3) is 3.50. The maximum atomic E-state index is 12.6. The van der Waals surface area contributed by atoms with Crippen LogP contribution in [0.5, 0.6) is 0 Å². The number of nitrogens with zero attached hydrogens (tertiary/aromatic N) is 2. The van der Waals surface area contributed by atoms with E-state index in [2.05, 4.69) is 10.2 Å². The smallest absolute Gasteiger partial charge is 0.325 e. The fraction of sp³-hybridized carbons (Fsp3) is 0.867. The van der Waals surface area contributed by atoms with Crippen LogP contribution < -0.4 is 5.32 Å². The van der Waals surface area contributed by atoms with Gasteiger partial charge in [0.15, 0.2) is 0 Å². The molecule has 3 aliphatic rings. The summed E-state index contributed by atoms with van der Waals surface area (Å²) in [4.78, 5) is 28.0. The van der Waals surface area contributed by atoms with Crippen molar-refractivity contribution >= 4 is 23.7 Å². The highest BCUT2D eigenvalue weighted by Crippen LogP contribution is 2.33. The number of carbonyl (C=O) groups excluding carboxylic acids is 2. The molecule has 8 heteroatoms. The zero-order chi connectivity index (χ0) is 16.6. The van der Waals surface area contributed by atoms with E-state index in [0.717, 1.165) is 18.8 Å². The van der Waals surface area contributed by atoms with Crippen LogP contribution in [0.2, 0.25) is 0 Å². The number of urea groups is 1. The van der Waals surface area contributed by atoms with E-state index in [-0.39, 0.29) is 30.7 Å². The molecule has 3 aliphatic heterocycles. The standard InChI is InChI=1S/C15H25N3O4S/c1-10-5-17(6-11(2)22-10)7-12(19)8-18-13(20)15(16-14(18)21)3-4-23-9-15/h10-12,19H,3-9H2,1-2H3,(H,16,21)/t10-,11+,12-,15-/m0/s1. The van der Waals surface area contributed by atoms with E-state index in [1.165, 1.54) is 4.90 Å². The molecular weight excluding hydrogens is 318 g/mol. The fourth-order valence-corrected chi connectivity index (χ4v) is 5.00. The summed E-state index contributed by atoms with van der Waals surface area (Å²) < 4.78 is 5.67. The van der Waals surface area contributed by atoms with Crippen LogP contribution in [0.15, 0.2) is 0 Å². The first kappa shape index (κ1) is 17.0. The second kappa shape index (κ2) is 6.58. The highest BCUT2D eigenvalue weighted by atomic mass is 32.2. The van der Waals surface area contributed by atoms with Gasteiger partial charge in [0.2, 0.25) is 0 Å². The largest absolute Gasteiger partial charge is 0.390 e. The first-order valence-electron chi connectivity index (χ1n) is 8.17. The number of rotatable bonds is 4. The number of imide groups is 1. The van der Waals surface area contributed by atoms with Gasteiger partial charge in [-0.1, -0.05) is 0 Å². The number of amides is 3. The van der Waals surface area contributed by atoms with E-state index in [1.54, 1.807) is 11.8 Å². The van der Waals surface area contributed by atoms with Crippen LogP contribution >= 0.6 is 11.8 Å². The van der Waals surface area contributed by atoms with Crippen LogP contribution in [0.1, 0.15) is 20.3 Å². The van der Waals surface area contributed by atoms with Gasteiger partial charge in [0.1, 0.15) is 5.54 Å². The van der Waals surface area contributed by atoms with Crippen LogP contribution in [0.25, 0.3) is 0 Å². The number of morpholine rings is 1. The zero-order valence-corrected chi connectivity index (χ0v) is 14.5. The normalized spacial score (nSPS) is 36.7. The summed E-state index contributed by atoms with van der Waals surface area (Å²) >= 11 is 1.68. The van der Waals surface area contributed by atoms with Crippen molar-refractivity contribution in [2.45, 2.75) is 44.1 Å². The molecule has 3 amide bonds. The Labute approximate surface area is 140 Å². The molecule has 2 N–H and O–H groups in total. The van der Waals surface area contributed by atoms with E-state index in [0.29, 0.717) is 18.7 Å². The lowest BCUT2D eigenvalue weighted by molar-refractivity contribution is -0.132. The maximum absolute atomic E-state index is 12.6. The van der Waals surface area contributed by atoms with Gasteiger partial charge in [0.05, 0.1) is 24.9 Å². The number of thioether (sulfide) groups is 1. The SMILES string of the molecule is C[C@@H]1CN(C[C@H](O)CN2C(=O)N[C@]3(CCSC3)C2=O)C[C@H](C)O1. The molecule has 0 radical (unpaired) electrons. The van der Waals surface area contributed by atoms with E-state index >= 15 is 0 Å². The van der Waals surface area contributed by atoms with Gasteiger partial charge in [-0.05, 0) is 26.0 Å². The molecule has 23 heavy (non-hydrogen) atoms. The van der Waals surface area contributed by atoms with Gasteiger partial charge >= 0.3 is 6.03 Å². The molecule has 7 nitrogen and oxygen atoms in total. The van der Waals surface area contributed by atoms with E-state index < -0.39 is 11.6 Å². The van der Waals surface area contributed by atoms with Crippen molar-refractivity contribution in [1.82, 2.24) is 15.1 Å². The molecule has 3 heterocycles. The van der Waals surface area contributed by atoms with Crippen molar-refractivity contribution < 1.29 is 19.4 Å². The molecule has 4 atom stereocenters. The van der Waals surface area contributed by atoms with Crippen molar-refractivity contribution in [3.8, 4) is 0 Å². The number of β-amino-alcohol motifs (C(OH)–C–C–N with tert-alkyl or cyclic N) is 1. The van der Waals surface area contributed by atoms with Gasteiger partial charge in [0.25, 0.3) is 5.91 Å². The van der Waals surface area contributed by atoms with Gasteiger partial charge in [0, 0.05) is 25.4 Å². The summed E-state index contributed by atoms with van der Waals surface area (Å²) in [6.07, 6.45) is 0.183. The molecular formula is C15H25N3O4S. The van der Waals surface area contributed by atoms with Crippen molar-refractivity contribution in [2.24, 2.45) is 0 Å². The summed E-state index contributed by atoms with van der Waals surface area (Å²) in [6, 6.07) is -0.375. The third-order valence-electron chi connectivity index (χ3n) is 4.63. The average molecular weight is 343 g/mol. The first-order chi connectivity index (χ1) is 10.9. The van der Waals surface area contributed by atoms with Gasteiger partial charge in [-0.25, -0.2) is 4.79 Å². The highest BCUT2D eigenvalue weighted by Gasteiger charge is 2.53. The predicted molar refractivity (Wildman–Crippen MR) is 87.4 cm³/mol. The van der Waals surface area contributed by atoms with Crippen molar-refractivity contribution in [3.05, 3.63) is 0 Å². The van der Waals surface area contributed by atoms with E-state index in [4.69, 9.17) is 4.74 Å². The number of ether oxygens (including phenoxy) is 1. The van der Waals surface area contributed by atoms with Crippen LogP contribution in [-0.4, -0.2) is 88.4 Å². The summed E-state index contributed by atoms with van der Waals surface area (Å²) in [5.74, 6) is 1.32. The summed E-state index contributed by atoms with van der Waals surface area (Å²) in [5, 5.41) is 13.2. The Morgan fingerprint density at radius 2 is 2.04 bits per heavy atom. The Hall–Kier alpha value is -0.830. The van der Waals surface area contributed by atoms with Gasteiger partial charge in [-0.3, -0.25) is 14.6 Å². The van der Waals surface area contributed by atoms with Gasteiger partial charge in [-0.15, -0.1) is 0 Å².